The highest BCUT2D eigenvalue weighted by Crippen LogP contribution is 2.20. The number of unbranched alkanes of at least 4 members (excludes halogenated alkanes) is 1. The van der Waals surface area contributed by atoms with Crippen molar-refractivity contribution in [3.8, 4) is 5.75 Å². The van der Waals surface area contributed by atoms with Crippen molar-refractivity contribution in [2.24, 2.45) is 0 Å². The summed E-state index contributed by atoms with van der Waals surface area (Å²) < 4.78 is 5.89. The first kappa shape index (κ1) is 30.0. The molecule has 3 aromatic rings. The molecule has 0 fully saturated rings. The van der Waals surface area contributed by atoms with Gasteiger partial charge in [0.15, 0.2) is 6.10 Å². The number of aliphatic hydroxyl groups is 1. The maximum Gasteiger partial charge on any atom is 0.326 e. The van der Waals surface area contributed by atoms with Gasteiger partial charge in [0, 0.05) is 25.3 Å². The van der Waals surface area contributed by atoms with Gasteiger partial charge < -0.3 is 25.6 Å². The van der Waals surface area contributed by atoms with E-state index < -0.39 is 24.0 Å². The van der Waals surface area contributed by atoms with Gasteiger partial charge in [-0.2, -0.15) is 0 Å². The zero-order valence-corrected chi connectivity index (χ0v) is 23.4. The summed E-state index contributed by atoms with van der Waals surface area (Å²) in [6.07, 6.45) is 3.70. The largest absolute Gasteiger partial charge is 0.492 e. The number of aliphatic carboxylic acids is 1. The molecule has 1 aliphatic rings. The zero-order chi connectivity index (χ0) is 28.9. The number of hydrogen-bond donors (Lipinski definition) is 4. The predicted molar refractivity (Wildman–Crippen MR) is 158 cm³/mol. The van der Waals surface area contributed by atoms with Crippen molar-refractivity contribution in [1.82, 2.24) is 15.2 Å². The number of benzene rings is 2. The van der Waals surface area contributed by atoms with Crippen LogP contribution in [-0.2, 0) is 22.4 Å². The van der Waals surface area contributed by atoms with Gasteiger partial charge in [0.1, 0.15) is 24.2 Å². The maximum absolute atomic E-state index is 12.6. The van der Waals surface area contributed by atoms with Gasteiger partial charge >= 0.3 is 5.97 Å². The number of aryl methyl sites for hydroxylation is 2. The van der Waals surface area contributed by atoms with Crippen LogP contribution in [-0.4, -0.2) is 70.8 Å². The third kappa shape index (κ3) is 9.58. The number of aliphatic hydroxyl groups excluding tert-OH is 1. The summed E-state index contributed by atoms with van der Waals surface area (Å²) in [4.78, 5) is 31.5. The third-order valence-electron chi connectivity index (χ3n) is 7.24. The van der Waals surface area contributed by atoms with Crippen LogP contribution >= 0.6 is 0 Å². The number of nitrogens with one attached hydrogen (secondary N) is 2. The molecule has 4 rings (SSSR count). The molecule has 0 saturated carbocycles. The molecule has 0 saturated heterocycles. The van der Waals surface area contributed by atoms with Gasteiger partial charge in [-0.05, 0) is 74.4 Å². The lowest BCUT2D eigenvalue weighted by molar-refractivity contribution is -0.143. The molecule has 9 nitrogen and oxygen atoms in total. The monoisotopic (exact) mass is 560 g/mol. The summed E-state index contributed by atoms with van der Waals surface area (Å²) in [5.74, 6) is -0.0708. The van der Waals surface area contributed by atoms with Gasteiger partial charge in [0.2, 0.25) is 0 Å². The molecule has 0 radical (unpaired) electrons. The van der Waals surface area contributed by atoms with Crippen molar-refractivity contribution < 1.29 is 24.5 Å². The summed E-state index contributed by atoms with van der Waals surface area (Å²) in [5.41, 5.74) is 2.77. The first-order valence-electron chi connectivity index (χ1n) is 14.4. The number of para-hydroxylation sites is 1. The average Bonchev–Trinajstić information content (AvgIpc) is 3.01. The topological polar surface area (TPSA) is 124 Å². The molecular formula is C32H40N4O5. The standard InChI is InChI=1S/C32H40N4O5/c37-29(24-10-3-1-4-11-24)31(38)35-28(32(39)40)18-21-36(22-23-41-27-14-5-2-6-15-27)20-8-7-13-26-17-16-25-12-9-19-33-30(25)34-26/h1-6,10-11,14-17,28-29,37H,7-9,12-13,18-23H2,(H,33,34)(H,35,38)(H,39,40)/t28-,29-/m0/s1. The van der Waals surface area contributed by atoms with Crippen molar-refractivity contribution >= 4 is 17.7 Å². The molecule has 2 heterocycles. The Bertz CT molecular complexity index is 1240. The molecule has 1 aliphatic heterocycles. The molecule has 1 aromatic heterocycles. The number of carbonyl (C=O) groups excluding carboxylic acids is 1. The van der Waals surface area contributed by atoms with Gasteiger partial charge in [-0.3, -0.25) is 9.69 Å². The average molecular weight is 561 g/mol. The number of ether oxygens (including phenoxy) is 1. The molecule has 0 spiro atoms. The Hall–Kier alpha value is -3.95. The molecule has 1 amide bonds. The number of rotatable bonds is 16. The fourth-order valence-electron chi connectivity index (χ4n) is 4.90. The normalized spacial score (nSPS) is 14.0. The van der Waals surface area contributed by atoms with Crippen molar-refractivity contribution in [1.29, 1.82) is 0 Å². The van der Waals surface area contributed by atoms with Crippen LogP contribution in [0.2, 0.25) is 0 Å². The Morgan fingerprint density at radius 1 is 0.976 bits per heavy atom. The summed E-state index contributed by atoms with van der Waals surface area (Å²) >= 11 is 0. The predicted octanol–water partition coefficient (Wildman–Crippen LogP) is 3.84. The Morgan fingerprint density at radius 2 is 1.73 bits per heavy atom. The van der Waals surface area contributed by atoms with Gasteiger partial charge in [0.25, 0.3) is 5.91 Å². The van der Waals surface area contributed by atoms with E-state index >= 15 is 0 Å². The fraction of sp³-hybridized carbons (Fsp3) is 0.406. The van der Waals surface area contributed by atoms with E-state index in [1.165, 1.54) is 5.56 Å². The van der Waals surface area contributed by atoms with Gasteiger partial charge in [-0.25, -0.2) is 9.78 Å². The number of anilines is 1. The number of aromatic nitrogens is 1. The second-order valence-corrected chi connectivity index (χ2v) is 10.3. The van der Waals surface area contributed by atoms with Crippen LogP contribution < -0.4 is 15.4 Å². The minimum Gasteiger partial charge on any atom is -0.492 e. The quantitative estimate of drug-likeness (QED) is 0.195. The Kier molecular flexibility index (Phi) is 11.5. The Labute approximate surface area is 241 Å². The van der Waals surface area contributed by atoms with Crippen molar-refractivity contribution in [3.05, 3.63) is 89.6 Å². The first-order valence-corrected chi connectivity index (χ1v) is 14.4. The molecule has 9 heteroatoms. The summed E-state index contributed by atoms with van der Waals surface area (Å²) in [6, 6.07) is 21.2. The van der Waals surface area contributed by atoms with Crippen LogP contribution in [0.4, 0.5) is 5.82 Å². The minimum absolute atomic E-state index is 0.200. The van der Waals surface area contributed by atoms with Crippen LogP contribution in [0.5, 0.6) is 5.75 Å². The third-order valence-corrected chi connectivity index (χ3v) is 7.24. The summed E-state index contributed by atoms with van der Waals surface area (Å²) in [5, 5.41) is 26.1. The van der Waals surface area contributed by atoms with E-state index in [9.17, 15) is 19.8 Å². The van der Waals surface area contributed by atoms with Crippen LogP contribution in [0.1, 0.15) is 48.6 Å². The van der Waals surface area contributed by atoms with Gasteiger partial charge in [0.05, 0.1) is 0 Å². The smallest absolute Gasteiger partial charge is 0.326 e. The number of pyridine rings is 1. The first-order chi connectivity index (χ1) is 20.0. The van der Waals surface area contributed by atoms with E-state index in [1.807, 2.05) is 30.3 Å². The number of carbonyl (C=O) groups is 2. The number of carboxylic acids is 1. The minimum atomic E-state index is -1.43. The van der Waals surface area contributed by atoms with E-state index in [0.717, 1.165) is 62.5 Å². The lowest BCUT2D eigenvalue weighted by Crippen LogP contribution is -2.45. The van der Waals surface area contributed by atoms with E-state index in [1.54, 1.807) is 30.3 Å². The molecule has 0 bridgehead atoms. The molecule has 4 N–H and O–H groups in total. The molecule has 0 unspecified atom stereocenters. The van der Waals surface area contributed by atoms with E-state index in [2.05, 4.69) is 27.7 Å². The second-order valence-electron chi connectivity index (χ2n) is 10.3. The number of nitrogens with zero attached hydrogens (tertiary/aromatic N) is 2. The highest BCUT2D eigenvalue weighted by molar-refractivity contribution is 5.86. The van der Waals surface area contributed by atoms with Crippen LogP contribution in [0, 0.1) is 0 Å². The molecule has 0 aliphatic carbocycles. The van der Waals surface area contributed by atoms with Crippen molar-refractivity contribution in [3.63, 3.8) is 0 Å². The summed E-state index contributed by atoms with van der Waals surface area (Å²) in [6.45, 7) is 3.25. The number of hydrogen-bond acceptors (Lipinski definition) is 7. The highest BCUT2D eigenvalue weighted by Gasteiger charge is 2.25. The molecule has 2 atom stereocenters. The van der Waals surface area contributed by atoms with Gasteiger partial charge in [-0.1, -0.05) is 54.6 Å². The van der Waals surface area contributed by atoms with E-state index in [-0.39, 0.29) is 6.42 Å². The van der Waals surface area contributed by atoms with Crippen LogP contribution in [0.3, 0.4) is 0 Å². The lowest BCUT2D eigenvalue weighted by atomic mass is 10.1. The van der Waals surface area contributed by atoms with E-state index in [0.29, 0.717) is 25.3 Å². The van der Waals surface area contributed by atoms with Crippen LogP contribution in [0.15, 0.2) is 72.8 Å². The van der Waals surface area contributed by atoms with Gasteiger partial charge in [-0.15, -0.1) is 0 Å². The zero-order valence-electron chi connectivity index (χ0n) is 23.4. The van der Waals surface area contributed by atoms with Crippen molar-refractivity contribution in [2.45, 2.75) is 50.7 Å². The number of carboxylic acid groups (broad SMARTS) is 1. The lowest BCUT2D eigenvalue weighted by Gasteiger charge is -2.25. The fourth-order valence-corrected chi connectivity index (χ4v) is 4.90. The number of amides is 1. The second kappa shape index (κ2) is 15.7. The maximum atomic E-state index is 12.6. The highest BCUT2D eigenvalue weighted by atomic mass is 16.5. The SMILES string of the molecule is O=C(O)[C@H](CCN(CCCCc1ccc2c(n1)NCCC2)CCOc1ccccc1)NC(=O)[C@@H](O)c1ccccc1. The molecular weight excluding hydrogens is 520 g/mol. The van der Waals surface area contributed by atoms with E-state index in [4.69, 9.17) is 9.72 Å². The number of fused-ring (bicyclic) bond motifs is 1. The molecule has 218 valence electrons. The molecule has 41 heavy (non-hydrogen) atoms. The van der Waals surface area contributed by atoms with Crippen LogP contribution in [0.25, 0.3) is 0 Å². The summed E-state index contributed by atoms with van der Waals surface area (Å²) in [7, 11) is 0. The Balaban J connectivity index is 1.29. The molecule has 2 aromatic carbocycles. The van der Waals surface area contributed by atoms with Crippen molar-refractivity contribution in [2.75, 3.05) is 38.1 Å². The Morgan fingerprint density at radius 3 is 2.49 bits per heavy atom.